The van der Waals surface area contributed by atoms with Gasteiger partial charge < -0.3 is 10.1 Å². The van der Waals surface area contributed by atoms with E-state index in [1.54, 1.807) is 12.1 Å². The second-order valence-corrected chi connectivity index (χ2v) is 5.73. The molecular weight excluding hydrogens is 298 g/mol. The molecule has 0 saturated heterocycles. The van der Waals surface area contributed by atoms with E-state index in [9.17, 15) is 4.79 Å². The number of halogens is 1. The third-order valence-corrected chi connectivity index (χ3v) is 3.70. The number of hydrogen-bond donors (Lipinski definition) is 1. The fraction of sp³-hybridized carbons (Fsp3) is 0.278. The molecule has 0 bridgehead atoms. The number of nitrogens with one attached hydrogen (secondary N) is 1. The van der Waals surface area contributed by atoms with Gasteiger partial charge in [0.05, 0.1) is 0 Å². The molecule has 0 aliphatic carbocycles. The molecule has 0 aromatic heterocycles. The Morgan fingerprint density at radius 1 is 1.09 bits per heavy atom. The van der Waals surface area contributed by atoms with Crippen molar-refractivity contribution in [1.29, 1.82) is 0 Å². The molecule has 0 radical (unpaired) electrons. The van der Waals surface area contributed by atoms with Gasteiger partial charge in [0.25, 0.3) is 0 Å². The quantitative estimate of drug-likeness (QED) is 0.834. The van der Waals surface area contributed by atoms with Crippen LogP contribution in [-0.4, -0.2) is 12.5 Å². The molecule has 22 heavy (non-hydrogen) atoms. The summed E-state index contributed by atoms with van der Waals surface area (Å²) in [7, 11) is 0. The molecule has 0 aliphatic rings. The molecule has 0 aliphatic heterocycles. The molecule has 1 amide bonds. The van der Waals surface area contributed by atoms with Gasteiger partial charge in [0.15, 0.2) is 0 Å². The Morgan fingerprint density at radius 2 is 1.64 bits per heavy atom. The van der Waals surface area contributed by atoms with Gasteiger partial charge in [-0.15, -0.1) is 0 Å². The zero-order valence-electron chi connectivity index (χ0n) is 12.8. The molecule has 0 spiro atoms. The number of carbonyl (C=O) groups is 1. The van der Waals surface area contributed by atoms with Crippen LogP contribution in [0.1, 0.15) is 31.7 Å². The number of hydrogen-bond acceptors (Lipinski definition) is 2. The molecule has 1 atom stereocenters. The predicted molar refractivity (Wildman–Crippen MR) is 89.7 cm³/mol. The van der Waals surface area contributed by atoms with Crippen LogP contribution in [0.4, 0.5) is 0 Å². The van der Waals surface area contributed by atoms with Gasteiger partial charge in [-0.3, -0.25) is 4.79 Å². The minimum absolute atomic E-state index is 0.0129. The lowest BCUT2D eigenvalue weighted by Crippen LogP contribution is -2.22. The molecule has 0 saturated carbocycles. The average molecular weight is 318 g/mol. The van der Waals surface area contributed by atoms with Crippen LogP contribution in [0.25, 0.3) is 0 Å². The molecule has 0 fully saturated rings. The predicted octanol–water partition coefficient (Wildman–Crippen LogP) is 4.76. The van der Waals surface area contributed by atoms with Crippen molar-refractivity contribution in [2.24, 2.45) is 0 Å². The number of ether oxygens (including phenoxy) is 1. The van der Waals surface area contributed by atoms with Crippen molar-refractivity contribution in [3.63, 3.8) is 0 Å². The summed E-state index contributed by atoms with van der Waals surface area (Å²) < 4.78 is 5.77. The molecule has 2 rings (SSSR count). The molecule has 116 valence electrons. The third-order valence-electron chi connectivity index (χ3n) is 3.45. The largest absolute Gasteiger partial charge is 0.457 e. The first-order chi connectivity index (χ1) is 10.5. The summed E-state index contributed by atoms with van der Waals surface area (Å²) in [5.41, 5.74) is 1.23. The van der Waals surface area contributed by atoms with E-state index in [0.29, 0.717) is 17.5 Å². The number of benzene rings is 2. The Bertz CT molecular complexity index is 608. The lowest BCUT2D eigenvalue weighted by atomic mass is 9.98. The molecule has 1 unspecified atom stereocenters. The number of carbonyl (C=O) groups excluding carboxylic acids is 1. The van der Waals surface area contributed by atoms with E-state index >= 15 is 0 Å². The summed E-state index contributed by atoms with van der Waals surface area (Å²) in [5, 5.41) is 3.51. The van der Waals surface area contributed by atoms with Crippen molar-refractivity contribution >= 4 is 17.5 Å². The Kier molecular flexibility index (Phi) is 5.84. The minimum Gasteiger partial charge on any atom is -0.457 e. The van der Waals surface area contributed by atoms with Crippen LogP contribution < -0.4 is 10.1 Å². The number of rotatable bonds is 6. The van der Waals surface area contributed by atoms with Crippen LogP contribution in [-0.2, 0) is 4.79 Å². The Hall–Kier alpha value is -2.00. The molecule has 2 aromatic carbocycles. The summed E-state index contributed by atoms with van der Waals surface area (Å²) in [6.45, 7) is 4.38. The van der Waals surface area contributed by atoms with Crippen LogP contribution in [0, 0.1) is 0 Å². The zero-order valence-corrected chi connectivity index (χ0v) is 13.6. The summed E-state index contributed by atoms with van der Waals surface area (Å²) >= 11 is 5.85. The van der Waals surface area contributed by atoms with Crippen molar-refractivity contribution < 1.29 is 9.53 Å². The highest BCUT2D eigenvalue weighted by molar-refractivity contribution is 6.30. The highest BCUT2D eigenvalue weighted by atomic mass is 35.5. The van der Waals surface area contributed by atoms with Crippen molar-refractivity contribution in [1.82, 2.24) is 5.32 Å². The van der Waals surface area contributed by atoms with Crippen LogP contribution in [0.5, 0.6) is 11.5 Å². The van der Waals surface area contributed by atoms with Gasteiger partial charge in [0.1, 0.15) is 11.5 Å². The average Bonchev–Trinajstić information content (AvgIpc) is 2.50. The summed E-state index contributed by atoms with van der Waals surface area (Å²) in [6.07, 6.45) is 0.914. The third kappa shape index (κ3) is 5.08. The second kappa shape index (κ2) is 7.85. The lowest BCUT2D eigenvalue weighted by Gasteiger charge is -2.13. The molecular formula is C18H20ClNO2. The highest BCUT2D eigenvalue weighted by Gasteiger charge is 2.06. The van der Waals surface area contributed by atoms with Crippen molar-refractivity contribution in [2.45, 2.75) is 26.2 Å². The van der Waals surface area contributed by atoms with E-state index in [1.807, 2.05) is 24.3 Å². The molecule has 0 heterocycles. The maximum absolute atomic E-state index is 10.9. The van der Waals surface area contributed by atoms with Gasteiger partial charge in [-0.2, -0.15) is 0 Å². The zero-order chi connectivity index (χ0) is 15.9. The first-order valence-electron chi connectivity index (χ1n) is 7.32. The molecule has 3 nitrogen and oxygen atoms in total. The first-order valence-corrected chi connectivity index (χ1v) is 7.70. The van der Waals surface area contributed by atoms with E-state index in [4.69, 9.17) is 16.3 Å². The van der Waals surface area contributed by atoms with Gasteiger partial charge in [-0.05, 0) is 54.3 Å². The summed E-state index contributed by atoms with van der Waals surface area (Å²) in [6, 6.07) is 15.3. The van der Waals surface area contributed by atoms with Gasteiger partial charge >= 0.3 is 0 Å². The Labute approximate surface area is 136 Å². The summed E-state index contributed by atoms with van der Waals surface area (Å²) in [5.74, 6) is 1.95. The monoisotopic (exact) mass is 317 g/mol. The first kappa shape index (κ1) is 16.4. The molecule has 2 aromatic rings. The Morgan fingerprint density at radius 3 is 2.18 bits per heavy atom. The van der Waals surface area contributed by atoms with Crippen LogP contribution in [0.2, 0.25) is 5.02 Å². The van der Waals surface area contributed by atoms with Gasteiger partial charge in [-0.1, -0.05) is 30.7 Å². The fourth-order valence-corrected chi connectivity index (χ4v) is 2.26. The normalized spacial score (nSPS) is 11.8. The molecule has 1 N–H and O–H groups in total. The maximum Gasteiger partial charge on any atom is 0.216 e. The second-order valence-electron chi connectivity index (χ2n) is 5.30. The van der Waals surface area contributed by atoms with Crippen molar-refractivity contribution in [3.05, 3.63) is 59.1 Å². The van der Waals surface area contributed by atoms with Crippen molar-refractivity contribution in [2.75, 3.05) is 6.54 Å². The smallest absolute Gasteiger partial charge is 0.216 e. The van der Waals surface area contributed by atoms with Crippen molar-refractivity contribution in [3.8, 4) is 11.5 Å². The SMILES string of the molecule is CC(=O)NCCC(C)c1ccc(Oc2ccc(Cl)cc2)cc1. The summed E-state index contributed by atoms with van der Waals surface area (Å²) in [4.78, 5) is 10.9. The van der Waals surface area contributed by atoms with Gasteiger partial charge in [0.2, 0.25) is 5.91 Å². The van der Waals surface area contributed by atoms with Gasteiger partial charge in [-0.25, -0.2) is 0 Å². The topological polar surface area (TPSA) is 38.3 Å². The van der Waals surface area contributed by atoms with Crippen LogP contribution in [0.15, 0.2) is 48.5 Å². The van der Waals surface area contributed by atoms with Crippen LogP contribution in [0.3, 0.4) is 0 Å². The van der Waals surface area contributed by atoms with E-state index in [0.717, 1.165) is 17.9 Å². The minimum atomic E-state index is 0.0129. The van der Waals surface area contributed by atoms with E-state index < -0.39 is 0 Å². The lowest BCUT2D eigenvalue weighted by molar-refractivity contribution is -0.118. The molecule has 4 heteroatoms. The highest BCUT2D eigenvalue weighted by Crippen LogP contribution is 2.26. The van der Waals surface area contributed by atoms with Crippen LogP contribution >= 0.6 is 11.6 Å². The standard InChI is InChI=1S/C18H20ClNO2/c1-13(11-12-20-14(2)21)15-3-7-17(8-4-15)22-18-9-5-16(19)6-10-18/h3-10,13H,11-12H2,1-2H3,(H,20,21). The van der Waals surface area contributed by atoms with E-state index in [1.165, 1.54) is 12.5 Å². The van der Waals surface area contributed by atoms with E-state index in [-0.39, 0.29) is 5.91 Å². The number of amides is 1. The maximum atomic E-state index is 10.9. The Balaban J connectivity index is 1.92. The fourth-order valence-electron chi connectivity index (χ4n) is 2.13. The van der Waals surface area contributed by atoms with Gasteiger partial charge in [0, 0.05) is 18.5 Å². The van der Waals surface area contributed by atoms with E-state index in [2.05, 4.69) is 24.4 Å².